The van der Waals surface area contributed by atoms with Gasteiger partial charge in [-0.15, -0.1) is 0 Å². The molecule has 0 radical (unpaired) electrons. The fourth-order valence-corrected chi connectivity index (χ4v) is 6.29. The lowest BCUT2D eigenvalue weighted by Crippen LogP contribution is -2.53. The number of nitrogens with zero attached hydrogens (tertiary/aromatic N) is 1. The van der Waals surface area contributed by atoms with Crippen LogP contribution >= 0.6 is 11.6 Å². The number of nitrogens with one attached hydrogen (secondary N) is 1. The lowest BCUT2D eigenvalue weighted by molar-refractivity contribution is -0.149. The average Bonchev–Trinajstić information content (AvgIpc) is 3.50. The van der Waals surface area contributed by atoms with E-state index in [1.54, 1.807) is 42.7 Å². The van der Waals surface area contributed by atoms with E-state index in [0.29, 0.717) is 65.6 Å². The summed E-state index contributed by atoms with van der Waals surface area (Å²) in [6.45, 7) is 3.23. The first kappa shape index (κ1) is 27.9. The minimum Gasteiger partial charge on any atom is -0.467 e. The number of carbonyl (C=O) groups is 2. The summed E-state index contributed by atoms with van der Waals surface area (Å²) >= 11 is 6.68. The van der Waals surface area contributed by atoms with Crippen LogP contribution in [-0.2, 0) is 30.7 Å². The zero-order chi connectivity index (χ0) is 28.7. The van der Waals surface area contributed by atoms with Gasteiger partial charge in [-0.05, 0) is 79.4 Å². The molecule has 1 fully saturated rings. The van der Waals surface area contributed by atoms with Gasteiger partial charge in [0, 0.05) is 23.4 Å². The molecule has 1 saturated heterocycles. The Morgan fingerprint density at radius 2 is 1.98 bits per heavy atom. The molecule has 9 nitrogen and oxygen atoms in total. The Kier molecular flexibility index (Phi) is 7.52. The normalized spacial score (nSPS) is 19.7. The second-order valence-electron chi connectivity index (χ2n) is 10.3. The minimum absolute atomic E-state index is 0.134. The Morgan fingerprint density at radius 3 is 2.70 bits per heavy atom. The van der Waals surface area contributed by atoms with Crippen molar-refractivity contribution in [2.45, 2.75) is 36.8 Å². The number of rotatable bonds is 7. The molecule has 40 heavy (non-hydrogen) atoms. The second-order valence-corrected chi connectivity index (χ2v) is 12.7. The molecule has 0 bridgehead atoms. The van der Waals surface area contributed by atoms with Gasteiger partial charge in [0.25, 0.3) is 0 Å². The highest BCUT2D eigenvalue weighted by Gasteiger charge is 2.49. The second kappa shape index (κ2) is 10.8. The van der Waals surface area contributed by atoms with Crippen LogP contribution in [-0.4, -0.2) is 56.7 Å². The van der Waals surface area contributed by atoms with Crippen LogP contribution in [0.25, 0.3) is 16.7 Å². The van der Waals surface area contributed by atoms with Gasteiger partial charge in [-0.3, -0.25) is 9.69 Å². The van der Waals surface area contributed by atoms with Crippen LogP contribution in [0.1, 0.15) is 29.7 Å². The molecule has 3 N–H and O–H groups in total. The first-order valence-electron chi connectivity index (χ1n) is 12.8. The number of hydrogen-bond acceptors (Lipinski definition) is 8. The largest absolute Gasteiger partial charge is 0.467 e. The van der Waals surface area contributed by atoms with E-state index in [-0.39, 0.29) is 22.9 Å². The third-order valence-corrected chi connectivity index (χ3v) is 8.77. The van der Waals surface area contributed by atoms with Crippen LogP contribution in [0.4, 0.5) is 0 Å². The SMILES string of the molecule is Cc1cc(-c2cccc(S(C)(=O)=O)c2)c(Cl)cc1C1=C(N)[C@@]2(CCCN(CC(=O)NCc3ccco3)C2)OC1=O. The maximum absolute atomic E-state index is 13.2. The van der Waals surface area contributed by atoms with Crippen LogP contribution < -0.4 is 11.1 Å². The number of ether oxygens (including phenoxy) is 1. The summed E-state index contributed by atoms with van der Waals surface area (Å²) < 4.78 is 35.3. The number of aryl methyl sites for hydroxylation is 1. The maximum atomic E-state index is 13.2. The zero-order valence-electron chi connectivity index (χ0n) is 22.2. The summed E-state index contributed by atoms with van der Waals surface area (Å²) in [6, 6.07) is 13.6. The smallest absolute Gasteiger partial charge is 0.341 e. The molecule has 2 aliphatic heterocycles. The lowest BCUT2D eigenvalue weighted by atomic mass is 9.86. The quantitative estimate of drug-likeness (QED) is 0.403. The van der Waals surface area contributed by atoms with Gasteiger partial charge >= 0.3 is 5.97 Å². The molecular weight excluding hydrogens is 554 g/mol. The number of benzene rings is 2. The van der Waals surface area contributed by atoms with E-state index in [1.807, 2.05) is 17.9 Å². The van der Waals surface area contributed by atoms with Crippen molar-refractivity contribution in [2.24, 2.45) is 5.73 Å². The summed E-state index contributed by atoms with van der Waals surface area (Å²) in [7, 11) is -3.40. The van der Waals surface area contributed by atoms with Crippen LogP contribution in [0, 0.1) is 6.92 Å². The maximum Gasteiger partial charge on any atom is 0.341 e. The van der Waals surface area contributed by atoms with E-state index < -0.39 is 21.4 Å². The van der Waals surface area contributed by atoms with Gasteiger partial charge in [0.15, 0.2) is 15.4 Å². The average molecular weight is 584 g/mol. The van der Waals surface area contributed by atoms with E-state index in [2.05, 4.69) is 5.32 Å². The van der Waals surface area contributed by atoms with Crippen LogP contribution in [0.5, 0.6) is 0 Å². The highest BCUT2D eigenvalue weighted by atomic mass is 35.5. The van der Waals surface area contributed by atoms with Gasteiger partial charge in [0.1, 0.15) is 5.76 Å². The van der Waals surface area contributed by atoms with Crippen molar-refractivity contribution >= 4 is 38.9 Å². The number of furan rings is 1. The number of sulfone groups is 1. The summed E-state index contributed by atoms with van der Waals surface area (Å²) in [5.41, 5.74) is 8.77. The van der Waals surface area contributed by atoms with Crippen molar-refractivity contribution in [1.82, 2.24) is 10.2 Å². The molecule has 0 saturated carbocycles. The minimum atomic E-state index is -3.40. The predicted molar refractivity (Wildman–Crippen MR) is 151 cm³/mol. The van der Waals surface area contributed by atoms with Gasteiger partial charge < -0.3 is 20.2 Å². The van der Waals surface area contributed by atoms with Crippen molar-refractivity contribution in [3.05, 3.63) is 82.4 Å². The Bertz CT molecular complexity index is 1620. The van der Waals surface area contributed by atoms with Crippen molar-refractivity contribution in [1.29, 1.82) is 0 Å². The highest BCUT2D eigenvalue weighted by Crippen LogP contribution is 2.43. The number of hydrogen-bond donors (Lipinski definition) is 2. The Balaban J connectivity index is 1.39. The molecule has 1 atom stereocenters. The molecule has 0 aliphatic carbocycles. The number of esters is 1. The molecule has 3 aromatic rings. The third kappa shape index (κ3) is 5.52. The standard InChI is InChI=1S/C29H30ClN3O6S/c1-18-12-23(19-6-3-8-21(13-19)40(2,36)37)24(30)14-22(18)26-27(31)29(39-28(26)35)9-5-10-33(17-29)16-25(34)32-15-20-7-4-11-38-20/h3-4,6-8,11-14H,5,9-10,15-17,31H2,1-2H3,(H,32,34)/t29-/m0/s1. The summed E-state index contributed by atoms with van der Waals surface area (Å²) in [5.74, 6) is -0.0422. The Hall–Kier alpha value is -3.60. The zero-order valence-corrected chi connectivity index (χ0v) is 23.8. The van der Waals surface area contributed by atoms with Crippen molar-refractivity contribution in [2.75, 3.05) is 25.9 Å². The van der Waals surface area contributed by atoms with E-state index in [9.17, 15) is 18.0 Å². The molecule has 1 amide bonds. The first-order chi connectivity index (χ1) is 19.0. The summed E-state index contributed by atoms with van der Waals surface area (Å²) in [5, 5.41) is 3.18. The number of nitrogens with two attached hydrogens (primary N) is 1. The fraction of sp³-hybridized carbons (Fsp3) is 0.310. The molecular formula is C29H30ClN3O6S. The monoisotopic (exact) mass is 583 g/mol. The summed E-state index contributed by atoms with van der Waals surface area (Å²) in [4.78, 5) is 27.9. The number of amides is 1. The summed E-state index contributed by atoms with van der Waals surface area (Å²) in [6.07, 6.45) is 3.94. The lowest BCUT2D eigenvalue weighted by Gasteiger charge is -2.39. The Morgan fingerprint density at radius 1 is 1.18 bits per heavy atom. The molecule has 3 heterocycles. The van der Waals surface area contributed by atoms with Crippen LogP contribution in [0.2, 0.25) is 5.02 Å². The molecule has 5 rings (SSSR count). The van der Waals surface area contributed by atoms with E-state index in [1.165, 1.54) is 6.07 Å². The number of likely N-dealkylation sites (tertiary alicyclic amines) is 1. The number of carbonyl (C=O) groups excluding carboxylic acids is 2. The van der Waals surface area contributed by atoms with Crippen LogP contribution in [0.3, 0.4) is 0 Å². The topological polar surface area (TPSA) is 132 Å². The molecule has 11 heteroatoms. The number of piperidine rings is 1. The first-order valence-corrected chi connectivity index (χ1v) is 15.1. The number of halogens is 1. The molecule has 2 aromatic carbocycles. The third-order valence-electron chi connectivity index (χ3n) is 7.35. The van der Waals surface area contributed by atoms with Gasteiger partial charge in [-0.25, -0.2) is 13.2 Å². The molecule has 2 aliphatic rings. The van der Waals surface area contributed by atoms with Gasteiger partial charge in [-0.1, -0.05) is 23.7 Å². The van der Waals surface area contributed by atoms with Crippen LogP contribution in [0.15, 0.2) is 69.8 Å². The van der Waals surface area contributed by atoms with E-state index >= 15 is 0 Å². The van der Waals surface area contributed by atoms with Gasteiger partial charge in [0.05, 0.1) is 35.5 Å². The molecule has 0 unspecified atom stereocenters. The van der Waals surface area contributed by atoms with Gasteiger partial charge in [-0.2, -0.15) is 0 Å². The van der Waals surface area contributed by atoms with Gasteiger partial charge in [0.2, 0.25) is 5.91 Å². The molecule has 1 spiro atoms. The predicted octanol–water partition coefficient (Wildman–Crippen LogP) is 3.69. The highest BCUT2D eigenvalue weighted by molar-refractivity contribution is 7.90. The molecule has 210 valence electrons. The Labute approximate surface area is 237 Å². The fourth-order valence-electron chi connectivity index (χ4n) is 5.35. The van der Waals surface area contributed by atoms with Crippen molar-refractivity contribution < 1.29 is 27.2 Å². The van der Waals surface area contributed by atoms with Crippen molar-refractivity contribution in [3.63, 3.8) is 0 Å². The van der Waals surface area contributed by atoms with E-state index in [4.69, 9.17) is 26.5 Å². The molecule has 1 aromatic heterocycles. The van der Waals surface area contributed by atoms with E-state index in [0.717, 1.165) is 11.8 Å². The van der Waals surface area contributed by atoms with Crippen molar-refractivity contribution in [3.8, 4) is 11.1 Å².